The summed E-state index contributed by atoms with van der Waals surface area (Å²) in [6, 6.07) is 30.8. The minimum Gasteiger partial charge on any atom is -0.395 e. The molecule has 1 saturated heterocycles. The predicted octanol–water partition coefficient (Wildman–Crippen LogP) is 7.25. The minimum absolute atomic E-state index is 0.0630. The minimum atomic E-state index is -3.55. The number of aromatic nitrogens is 3. The van der Waals surface area contributed by atoms with Gasteiger partial charge in [-0.25, -0.2) is 5.01 Å². The molecule has 2 amide bonds. The summed E-state index contributed by atoms with van der Waals surface area (Å²) in [5.41, 5.74) is 2.68. The highest BCUT2D eigenvalue weighted by Crippen LogP contribution is 2.60. The van der Waals surface area contributed by atoms with Crippen molar-refractivity contribution < 1.29 is 28.5 Å². The second kappa shape index (κ2) is 15.5. The number of aliphatic hydroxyl groups excluding tert-OH is 1. The topological polar surface area (TPSA) is 156 Å². The smallest absolute Gasteiger partial charge is 0.269 e. The largest absolute Gasteiger partial charge is 0.395 e. The summed E-state index contributed by atoms with van der Waals surface area (Å²) < 4.78 is 25.1. The molecule has 1 N–H and O–H groups in total. The number of nitrogens with zero attached hydrogens (tertiary/aromatic N) is 7. The van der Waals surface area contributed by atoms with E-state index in [1.807, 2.05) is 79.7 Å². The Morgan fingerprint density at radius 2 is 1.74 bits per heavy atom. The van der Waals surface area contributed by atoms with Crippen LogP contribution in [0.1, 0.15) is 60.1 Å². The lowest BCUT2D eigenvalue weighted by Gasteiger charge is -2.31. The lowest BCUT2D eigenvalue weighted by atomic mass is 9.82. The second-order valence-electron chi connectivity index (χ2n) is 15.7. The third kappa shape index (κ3) is 7.03. The van der Waals surface area contributed by atoms with E-state index in [4.69, 9.17) is 9.84 Å². The van der Waals surface area contributed by atoms with Gasteiger partial charge in [0.15, 0.2) is 5.60 Å². The molecule has 13 nitrogen and oxygen atoms in total. The van der Waals surface area contributed by atoms with Gasteiger partial charge in [-0.05, 0) is 54.4 Å². The summed E-state index contributed by atoms with van der Waals surface area (Å²) in [4.78, 5) is 41.4. The molecule has 1 spiro atoms. The van der Waals surface area contributed by atoms with Gasteiger partial charge in [-0.3, -0.25) is 24.4 Å². The number of nitro benzene ring substituents is 1. The Labute approximate surface area is 336 Å². The van der Waals surface area contributed by atoms with Crippen LogP contribution in [0.5, 0.6) is 0 Å². The molecule has 0 radical (unpaired) electrons. The van der Waals surface area contributed by atoms with Crippen LogP contribution in [0.15, 0.2) is 114 Å². The number of anilines is 2. The molecule has 1 aromatic heterocycles. The molecule has 4 heterocycles. The Kier molecular flexibility index (Phi) is 10.4. The van der Waals surface area contributed by atoms with E-state index in [9.17, 15) is 20.0 Å². The highest BCUT2D eigenvalue weighted by molar-refractivity contribution is 6.72. The van der Waals surface area contributed by atoms with Crippen molar-refractivity contribution in [1.29, 1.82) is 0 Å². The van der Waals surface area contributed by atoms with Crippen LogP contribution in [0.25, 0.3) is 0 Å². The summed E-state index contributed by atoms with van der Waals surface area (Å²) in [6.45, 7) is 5.22. The molecular formula is C43H44FN7O6Si. The Hall–Kier alpha value is -5.90. The van der Waals surface area contributed by atoms with Crippen LogP contribution in [-0.4, -0.2) is 63.7 Å². The summed E-state index contributed by atoms with van der Waals surface area (Å²) in [5, 5.41) is 37.1. The summed E-state index contributed by atoms with van der Waals surface area (Å²) in [7, 11) is -3.55. The van der Waals surface area contributed by atoms with Crippen molar-refractivity contribution in [3.05, 3.63) is 147 Å². The van der Waals surface area contributed by atoms with Crippen LogP contribution in [-0.2, 0) is 33.0 Å². The fraction of sp³-hybridized carbons (Fsp3) is 0.326. The first-order valence-corrected chi connectivity index (χ1v) is 22.4. The Morgan fingerprint density at radius 3 is 2.45 bits per heavy atom. The highest BCUT2D eigenvalue weighted by Gasteiger charge is 2.67. The van der Waals surface area contributed by atoms with Crippen LogP contribution in [0.4, 0.5) is 21.2 Å². The number of amides is 2. The van der Waals surface area contributed by atoms with E-state index in [0.29, 0.717) is 47.6 Å². The van der Waals surface area contributed by atoms with E-state index in [1.54, 1.807) is 47.1 Å². The molecule has 1 unspecified atom stereocenters. The Balaban J connectivity index is 1.10. The number of rotatable bonds is 12. The van der Waals surface area contributed by atoms with Gasteiger partial charge < -0.3 is 18.9 Å². The standard InChI is InChI=1S/C43H44FN7O6Si/c1-28-41(58(2,3)44)39(21-22-48-26-37(45-47-48)34(27-52)30-12-6-4-7-13-30)57-43(28)35-24-33(51(55)56)17-19-38(35)49(42(43)54)25-29-11-10-16-32(23-29)50-40(53)20-18-36(46-50)31-14-8-5-9-15-31/h4-17,19,23-24,26,28,34,39,41,52H,18,20-22,25,27H2,1-3H3/t28-,34?,39+,41-,43+/m1/s1. The quantitative estimate of drug-likeness (QED) is 0.0599. The van der Waals surface area contributed by atoms with Gasteiger partial charge in [0, 0.05) is 54.7 Å². The van der Waals surface area contributed by atoms with Crippen molar-refractivity contribution in [1.82, 2.24) is 15.0 Å². The van der Waals surface area contributed by atoms with Crippen molar-refractivity contribution >= 4 is 43.0 Å². The fourth-order valence-corrected chi connectivity index (χ4v) is 11.6. The molecule has 4 aromatic carbocycles. The van der Waals surface area contributed by atoms with E-state index >= 15 is 8.90 Å². The number of hydrazone groups is 1. The third-order valence-corrected chi connectivity index (χ3v) is 14.2. The number of aliphatic hydroxyl groups is 1. The number of nitro groups is 1. The summed E-state index contributed by atoms with van der Waals surface area (Å²) in [6.07, 6.45) is 2.14. The van der Waals surface area contributed by atoms with Gasteiger partial charge in [-0.2, -0.15) is 5.10 Å². The number of hydrogen-bond acceptors (Lipinski definition) is 9. The molecule has 3 aliphatic rings. The van der Waals surface area contributed by atoms with E-state index < -0.39 is 42.4 Å². The average Bonchev–Trinajstić information content (AvgIpc) is 3.88. The van der Waals surface area contributed by atoms with Gasteiger partial charge >= 0.3 is 0 Å². The number of fused-ring (bicyclic) bond motifs is 2. The lowest BCUT2D eigenvalue weighted by molar-refractivity contribution is -0.385. The van der Waals surface area contributed by atoms with Crippen molar-refractivity contribution in [3.8, 4) is 0 Å². The molecule has 15 heteroatoms. The molecule has 298 valence electrons. The molecule has 5 atom stereocenters. The highest BCUT2D eigenvalue weighted by atomic mass is 28.4. The molecule has 58 heavy (non-hydrogen) atoms. The monoisotopic (exact) mass is 801 g/mol. The van der Waals surface area contributed by atoms with E-state index in [-0.39, 0.29) is 37.1 Å². The maximum Gasteiger partial charge on any atom is 0.269 e. The van der Waals surface area contributed by atoms with Crippen molar-refractivity contribution in [2.45, 2.75) is 75.5 Å². The number of ether oxygens (including phenoxy) is 1. The summed E-state index contributed by atoms with van der Waals surface area (Å²) >= 11 is 0. The number of benzene rings is 4. The second-order valence-corrected chi connectivity index (χ2v) is 19.5. The average molecular weight is 802 g/mol. The van der Waals surface area contributed by atoms with Crippen LogP contribution < -0.4 is 9.91 Å². The van der Waals surface area contributed by atoms with Crippen molar-refractivity contribution in [3.63, 3.8) is 0 Å². The summed E-state index contributed by atoms with van der Waals surface area (Å²) in [5.74, 6) is -1.63. The molecule has 0 saturated carbocycles. The maximum absolute atomic E-state index is 16.6. The SMILES string of the molecule is C[C@@H]1[C@@H]([Si](C)(C)F)[C@H](CCn2cc(C(CO)c3ccccc3)nn2)O[C@@]12C(=O)N(Cc1cccc(N3N=C(c4ccccc4)CCC3=O)c1)c1ccc([N+](=O)[O-])cc12. The number of aryl methyl sites for hydroxylation is 1. The first-order chi connectivity index (χ1) is 27.9. The fourth-order valence-electron chi connectivity index (χ4n) is 9.03. The normalized spacial score (nSPS) is 22.4. The third-order valence-electron chi connectivity index (χ3n) is 11.7. The predicted molar refractivity (Wildman–Crippen MR) is 218 cm³/mol. The van der Waals surface area contributed by atoms with E-state index in [0.717, 1.165) is 16.8 Å². The number of carbonyl (C=O) groups is 2. The van der Waals surface area contributed by atoms with Crippen LogP contribution in [0.2, 0.25) is 18.6 Å². The molecule has 5 aromatic rings. The van der Waals surface area contributed by atoms with Gasteiger partial charge in [0.2, 0.25) is 14.3 Å². The molecule has 0 bridgehead atoms. The molecule has 3 aliphatic heterocycles. The van der Waals surface area contributed by atoms with Crippen LogP contribution >= 0.6 is 0 Å². The molecule has 0 aliphatic carbocycles. The van der Waals surface area contributed by atoms with Gasteiger partial charge in [0.1, 0.15) is 0 Å². The van der Waals surface area contributed by atoms with Crippen LogP contribution in [0.3, 0.4) is 0 Å². The molecule has 1 fully saturated rings. The molecule has 8 rings (SSSR count). The van der Waals surface area contributed by atoms with E-state index in [1.165, 1.54) is 17.1 Å². The van der Waals surface area contributed by atoms with Crippen molar-refractivity contribution in [2.75, 3.05) is 16.5 Å². The van der Waals surface area contributed by atoms with Crippen molar-refractivity contribution in [2.24, 2.45) is 11.0 Å². The van der Waals surface area contributed by atoms with Gasteiger partial charge in [-0.1, -0.05) is 84.9 Å². The number of carbonyl (C=O) groups excluding carboxylic acids is 2. The lowest BCUT2D eigenvalue weighted by Crippen LogP contribution is -2.45. The first-order valence-electron chi connectivity index (χ1n) is 19.5. The number of halogens is 1. The van der Waals surface area contributed by atoms with Gasteiger partial charge in [0.25, 0.3) is 11.6 Å². The molecular weight excluding hydrogens is 758 g/mol. The zero-order valence-corrected chi connectivity index (χ0v) is 33.4. The number of non-ortho nitro benzene ring substituents is 1. The van der Waals surface area contributed by atoms with Crippen LogP contribution in [0, 0.1) is 16.0 Å². The number of hydrogen-bond donors (Lipinski definition) is 1. The first kappa shape index (κ1) is 38.9. The Bertz CT molecular complexity index is 2390. The van der Waals surface area contributed by atoms with Gasteiger partial charge in [-0.15, -0.1) is 5.10 Å². The Morgan fingerprint density at radius 1 is 1.00 bits per heavy atom. The zero-order chi connectivity index (χ0) is 40.8. The zero-order valence-electron chi connectivity index (χ0n) is 32.4. The van der Waals surface area contributed by atoms with E-state index in [2.05, 4.69) is 10.3 Å². The van der Waals surface area contributed by atoms with Gasteiger partial charge in [0.05, 0.1) is 52.9 Å². The maximum atomic E-state index is 16.6.